The normalized spacial score (nSPS) is 11.3. The number of furan rings is 1. The van der Waals surface area contributed by atoms with Crippen molar-refractivity contribution in [1.29, 1.82) is 0 Å². The standard InChI is InChI=1S/C10H10F3NO4/c1-6-2-7(4-18-6)9(17)14(3-8(15)16)5-10(11,12)13/h2,4H,3,5H2,1H3,(H,15,16). The Hall–Kier alpha value is -1.99. The highest BCUT2D eigenvalue weighted by molar-refractivity contribution is 5.95. The zero-order chi connectivity index (χ0) is 13.9. The highest BCUT2D eigenvalue weighted by Gasteiger charge is 2.34. The van der Waals surface area contributed by atoms with Gasteiger partial charge in [0.2, 0.25) is 0 Å². The summed E-state index contributed by atoms with van der Waals surface area (Å²) in [6.45, 7) is -1.13. The Morgan fingerprint density at radius 3 is 2.44 bits per heavy atom. The lowest BCUT2D eigenvalue weighted by Crippen LogP contribution is -2.41. The summed E-state index contributed by atoms with van der Waals surface area (Å²) in [5, 5.41) is 8.50. The maximum Gasteiger partial charge on any atom is 0.406 e. The lowest BCUT2D eigenvalue weighted by atomic mass is 10.2. The van der Waals surface area contributed by atoms with Crippen molar-refractivity contribution in [1.82, 2.24) is 4.90 Å². The molecule has 0 fully saturated rings. The van der Waals surface area contributed by atoms with Crippen molar-refractivity contribution in [3.05, 3.63) is 23.7 Å². The van der Waals surface area contributed by atoms with Crippen molar-refractivity contribution < 1.29 is 32.3 Å². The van der Waals surface area contributed by atoms with Gasteiger partial charge < -0.3 is 14.4 Å². The molecule has 0 radical (unpaired) electrons. The van der Waals surface area contributed by atoms with Crippen molar-refractivity contribution in [2.24, 2.45) is 0 Å². The van der Waals surface area contributed by atoms with E-state index < -0.39 is 31.1 Å². The molecule has 8 heteroatoms. The minimum atomic E-state index is -4.66. The lowest BCUT2D eigenvalue weighted by Gasteiger charge is -2.21. The van der Waals surface area contributed by atoms with Gasteiger partial charge in [-0.3, -0.25) is 9.59 Å². The van der Waals surface area contributed by atoms with Gasteiger partial charge in [0.1, 0.15) is 25.1 Å². The summed E-state index contributed by atoms with van der Waals surface area (Å²) in [5.41, 5.74) is -0.113. The van der Waals surface area contributed by atoms with Gasteiger partial charge in [0.25, 0.3) is 5.91 Å². The number of carboxylic acid groups (broad SMARTS) is 1. The largest absolute Gasteiger partial charge is 0.480 e. The molecule has 0 aliphatic heterocycles. The van der Waals surface area contributed by atoms with Crippen LogP contribution in [0.5, 0.6) is 0 Å². The Balaban J connectivity index is 2.88. The predicted octanol–water partition coefficient (Wildman–Crippen LogP) is 1.68. The SMILES string of the molecule is Cc1cc(C(=O)N(CC(=O)O)CC(F)(F)F)co1. The zero-order valence-electron chi connectivity index (χ0n) is 9.32. The molecular formula is C10H10F3NO4. The van der Waals surface area contributed by atoms with Crippen LogP contribution in [-0.2, 0) is 4.79 Å². The van der Waals surface area contributed by atoms with Gasteiger partial charge in [-0.05, 0) is 13.0 Å². The summed E-state index contributed by atoms with van der Waals surface area (Å²) in [6, 6.07) is 1.24. The smallest absolute Gasteiger partial charge is 0.406 e. The quantitative estimate of drug-likeness (QED) is 0.899. The number of aliphatic carboxylic acids is 1. The third kappa shape index (κ3) is 4.11. The second-order valence-corrected chi connectivity index (χ2v) is 3.62. The van der Waals surface area contributed by atoms with E-state index in [1.807, 2.05) is 0 Å². The average Bonchev–Trinajstić information content (AvgIpc) is 2.59. The molecule has 0 saturated heterocycles. The van der Waals surface area contributed by atoms with Gasteiger partial charge >= 0.3 is 12.1 Å². The third-order valence-corrected chi connectivity index (χ3v) is 1.96. The van der Waals surface area contributed by atoms with Gasteiger partial charge in [-0.1, -0.05) is 0 Å². The Bertz CT molecular complexity index is 452. The number of nitrogens with zero attached hydrogens (tertiary/aromatic N) is 1. The number of carbonyl (C=O) groups excluding carboxylic acids is 1. The van der Waals surface area contributed by atoms with E-state index in [0.717, 1.165) is 6.26 Å². The fraction of sp³-hybridized carbons (Fsp3) is 0.400. The van der Waals surface area contributed by atoms with Crippen LogP contribution < -0.4 is 0 Å². The monoisotopic (exact) mass is 265 g/mol. The van der Waals surface area contributed by atoms with E-state index in [0.29, 0.717) is 5.76 Å². The first-order valence-corrected chi connectivity index (χ1v) is 4.82. The van der Waals surface area contributed by atoms with Crippen LogP contribution in [0.15, 0.2) is 16.7 Å². The van der Waals surface area contributed by atoms with Crippen molar-refractivity contribution in [2.45, 2.75) is 13.1 Å². The molecule has 0 bridgehead atoms. The van der Waals surface area contributed by atoms with Crippen LogP contribution in [0.3, 0.4) is 0 Å². The minimum Gasteiger partial charge on any atom is -0.480 e. The molecule has 0 aromatic carbocycles. The summed E-state index contributed by atoms with van der Waals surface area (Å²) in [5.74, 6) is -2.21. The zero-order valence-corrected chi connectivity index (χ0v) is 9.32. The number of carboxylic acids is 1. The Kier molecular flexibility index (Phi) is 4.00. The van der Waals surface area contributed by atoms with Crippen LogP contribution in [0.1, 0.15) is 16.1 Å². The minimum absolute atomic E-state index is 0.113. The maximum absolute atomic E-state index is 12.2. The van der Waals surface area contributed by atoms with Crippen LogP contribution in [0.25, 0.3) is 0 Å². The lowest BCUT2D eigenvalue weighted by molar-refractivity contribution is -0.149. The van der Waals surface area contributed by atoms with E-state index in [4.69, 9.17) is 9.52 Å². The molecule has 1 amide bonds. The Morgan fingerprint density at radius 1 is 1.44 bits per heavy atom. The molecule has 1 heterocycles. The van der Waals surface area contributed by atoms with Gasteiger partial charge in [0, 0.05) is 0 Å². The molecule has 0 atom stereocenters. The first-order valence-electron chi connectivity index (χ1n) is 4.82. The highest BCUT2D eigenvalue weighted by Crippen LogP contribution is 2.18. The van der Waals surface area contributed by atoms with E-state index in [1.165, 1.54) is 13.0 Å². The molecule has 1 aromatic rings. The number of carbonyl (C=O) groups is 2. The van der Waals surface area contributed by atoms with Gasteiger partial charge in [-0.25, -0.2) is 0 Å². The molecule has 18 heavy (non-hydrogen) atoms. The fourth-order valence-corrected chi connectivity index (χ4v) is 1.32. The topological polar surface area (TPSA) is 70.8 Å². The molecule has 1 N–H and O–H groups in total. The van der Waals surface area contributed by atoms with Crippen molar-refractivity contribution in [3.63, 3.8) is 0 Å². The molecule has 0 aliphatic carbocycles. The Labute approximate surface area is 99.8 Å². The first-order chi connectivity index (χ1) is 8.19. The van der Waals surface area contributed by atoms with E-state index in [1.54, 1.807) is 0 Å². The number of aryl methyl sites for hydroxylation is 1. The van der Waals surface area contributed by atoms with Gasteiger partial charge in [0.05, 0.1) is 5.56 Å². The summed E-state index contributed by atoms with van der Waals surface area (Å²) < 4.78 is 41.5. The molecule has 0 unspecified atom stereocenters. The van der Waals surface area contributed by atoms with Crippen LogP contribution in [0.4, 0.5) is 13.2 Å². The van der Waals surface area contributed by atoms with Crippen LogP contribution in [-0.4, -0.2) is 41.1 Å². The third-order valence-electron chi connectivity index (χ3n) is 1.96. The summed E-state index contributed by atoms with van der Waals surface area (Å²) >= 11 is 0. The molecule has 5 nitrogen and oxygen atoms in total. The van der Waals surface area contributed by atoms with Crippen LogP contribution in [0, 0.1) is 6.92 Å². The molecule has 100 valence electrons. The highest BCUT2D eigenvalue weighted by atomic mass is 19.4. The Morgan fingerprint density at radius 2 is 2.06 bits per heavy atom. The number of alkyl halides is 3. The number of rotatable bonds is 4. The molecule has 0 saturated carbocycles. The van der Waals surface area contributed by atoms with Crippen molar-refractivity contribution in [3.8, 4) is 0 Å². The van der Waals surface area contributed by atoms with Gasteiger partial charge in [-0.15, -0.1) is 0 Å². The van der Waals surface area contributed by atoms with E-state index in [9.17, 15) is 22.8 Å². The van der Waals surface area contributed by atoms with Crippen molar-refractivity contribution >= 4 is 11.9 Å². The van der Waals surface area contributed by atoms with E-state index >= 15 is 0 Å². The number of halogens is 3. The van der Waals surface area contributed by atoms with Crippen LogP contribution >= 0.6 is 0 Å². The predicted molar refractivity (Wildman–Crippen MR) is 53.0 cm³/mol. The molecule has 0 spiro atoms. The molecule has 0 aliphatic rings. The second-order valence-electron chi connectivity index (χ2n) is 3.62. The maximum atomic E-state index is 12.2. The summed E-state index contributed by atoms with van der Waals surface area (Å²) in [6.07, 6.45) is -3.67. The van der Waals surface area contributed by atoms with Gasteiger partial charge in [0.15, 0.2) is 0 Å². The van der Waals surface area contributed by atoms with Crippen LogP contribution in [0.2, 0.25) is 0 Å². The molecule has 1 rings (SSSR count). The summed E-state index contributed by atoms with van der Waals surface area (Å²) in [4.78, 5) is 22.3. The van der Waals surface area contributed by atoms with E-state index in [2.05, 4.69) is 0 Å². The van der Waals surface area contributed by atoms with Crippen molar-refractivity contribution in [2.75, 3.05) is 13.1 Å². The molecule has 1 aromatic heterocycles. The molecular weight excluding hydrogens is 255 g/mol. The first kappa shape index (κ1) is 14.1. The number of hydrogen-bond donors (Lipinski definition) is 1. The fourth-order valence-electron chi connectivity index (χ4n) is 1.32. The number of amides is 1. The average molecular weight is 265 g/mol. The second kappa shape index (κ2) is 5.11. The summed E-state index contributed by atoms with van der Waals surface area (Å²) in [7, 11) is 0. The number of hydrogen-bond acceptors (Lipinski definition) is 3. The van der Waals surface area contributed by atoms with Gasteiger partial charge in [-0.2, -0.15) is 13.2 Å². The van der Waals surface area contributed by atoms with E-state index in [-0.39, 0.29) is 10.5 Å².